The Bertz CT molecular complexity index is 132. The maximum Gasteiger partial charge on any atom is 0.0249 e. The molecule has 0 aromatic rings. The van der Waals surface area contributed by atoms with Crippen molar-refractivity contribution in [3.05, 3.63) is 0 Å². The number of likely N-dealkylation sites (N-methyl/N-ethyl adjacent to an activating group) is 1. The monoisotopic (exact) mass is 200 g/mol. The standard InChI is InChI=1S/C12H28N2/c1-7-8-11(2,3)9-14-12(4,5)10-13-6/h13-14H,7-10H2,1-6H3. The zero-order valence-corrected chi connectivity index (χ0v) is 10.8. The highest BCUT2D eigenvalue weighted by atomic mass is 15.0. The molecule has 2 nitrogen and oxygen atoms in total. The lowest BCUT2D eigenvalue weighted by molar-refractivity contribution is 0.259. The lowest BCUT2D eigenvalue weighted by Crippen LogP contribution is -2.49. The smallest absolute Gasteiger partial charge is 0.0249 e. The van der Waals surface area contributed by atoms with Crippen molar-refractivity contribution in [2.24, 2.45) is 5.41 Å². The highest BCUT2D eigenvalue weighted by Crippen LogP contribution is 2.21. The van der Waals surface area contributed by atoms with Gasteiger partial charge in [-0.1, -0.05) is 27.2 Å². The molecule has 0 aromatic carbocycles. The van der Waals surface area contributed by atoms with Gasteiger partial charge in [-0.25, -0.2) is 0 Å². The third-order valence-corrected chi connectivity index (χ3v) is 2.59. The predicted octanol–water partition coefficient (Wildman–Crippen LogP) is 2.40. The summed E-state index contributed by atoms with van der Waals surface area (Å²) in [6.07, 6.45) is 2.55. The molecule has 0 aliphatic carbocycles. The summed E-state index contributed by atoms with van der Waals surface area (Å²) in [5.41, 5.74) is 0.611. The molecule has 2 N–H and O–H groups in total. The second-order valence-electron chi connectivity index (χ2n) is 5.68. The first kappa shape index (κ1) is 13.9. The second-order valence-corrected chi connectivity index (χ2v) is 5.68. The molecule has 0 spiro atoms. The van der Waals surface area contributed by atoms with Crippen LogP contribution in [0.1, 0.15) is 47.5 Å². The molecule has 0 aromatic heterocycles. The van der Waals surface area contributed by atoms with Gasteiger partial charge in [-0.3, -0.25) is 0 Å². The normalized spacial score (nSPS) is 13.3. The quantitative estimate of drug-likeness (QED) is 0.659. The molecule has 0 rings (SSSR count). The van der Waals surface area contributed by atoms with E-state index in [1.807, 2.05) is 7.05 Å². The Morgan fingerprint density at radius 2 is 1.57 bits per heavy atom. The molecule has 0 aliphatic heterocycles. The first-order chi connectivity index (χ1) is 6.33. The van der Waals surface area contributed by atoms with Crippen molar-refractivity contribution in [3.8, 4) is 0 Å². The van der Waals surface area contributed by atoms with Crippen LogP contribution >= 0.6 is 0 Å². The summed E-state index contributed by atoms with van der Waals surface area (Å²) < 4.78 is 0. The molecular weight excluding hydrogens is 172 g/mol. The van der Waals surface area contributed by atoms with Crippen LogP contribution in [0.5, 0.6) is 0 Å². The average molecular weight is 200 g/mol. The lowest BCUT2D eigenvalue weighted by atomic mass is 9.87. The largest absolute Gasteiger partial charge is 0.318 e. The van der Waals surface area contributed by atoms with Crippen molar-refractivity contribution in [1.29, 1.82) is 0 Å². The van der Waals surface area contributed by atoms with Crippen molar-refractivity contribution in [2.45, 2.75) is 53.0 Å². The summed E-state index contributed by atoms with van der Waals surface area (Å²) >= 11 is 0. The molecule has 2 heteroatoms. The van der Waals surface area contributed by atoms with Gasteiger partial charge in [0.2, 0.25) is 0 Å². The number of rotatable bonds is 7. The van der Waals surface area contributed by atoms with E-state index in [-0.39, 0.29) is 5.54 Å². The van der Waals surface area contributed by atoms with Gasteiger partial charge in [-0.15, -0.1) is 0 Å². The summed E-state index contributed by atoms with van der Waals surface area (Å²) in [4.78, 5) is 0. The van der Waals surface area contributed by atoms with E-state index < -0.39 is 0 Å². The van der Waals surface area contributed by atoms with Crippen LogP contribution in [0.2, 0.25) is 0 Å². The lowest BCUT2D eigenvalue weighted by Gasteiger charge is -2.32. The first-order valence-electron chi connectivity index (χ1n) is 5.72. The van der Waals surface area contributed by atoms with E-state index in [9.17, 15) is 0 Å². The maximum atomic E-state index is 3.62. The molecule has 0 bridgehead atoms. The van der Waals surface area contributed by atoms with E-state index >= 15 is 0 Å². The van der Waals surface area contributed by atoms with Crippen molar-refractivity contribution in [3.63, 3.8) is 0 Å². The molecule has 0 unspecified atom stereocenters. The fourth-order valence-corrected chi connectivity index (χ4v) is 1.75. The Hall–Kier alpha value is -0.0800. The molecule has 0 amide bonds. The zero-order valence-electron chi connectivity index (χ0n) is 10.8. The molecule has 0 heterocycles. The van der Waals surface area contributed by atoms with E-state index in [4.69, 9.17) is 0 Å². The van der Waals surface area contributed by atoms with Crippen LogP contribution in [0.4, 0.5) is 0 Å². The van der Waals surface area contributed by atoms with Gasteiger partial charge in [0.25, 0.3) is 0 Å². The Labute approximate surface area is 89.9 Å². The minimum Gasteiger partial charge on any atom is -0.318 e. The van der Waals surface area contributed by atoms with Crippen molar-refractivity contribution in [2.75, 3.05) is 20.1 Å². The number of hydrogen-bond donors (Lipinski definition) is 2. The predicted molar refractivity (Wildman–Crippen MR) is 64.7 cm³/mol. The highest BCUT2D eigenvalue weighted by Gasteiger charge is 2.22. The molecular formula is C12H28N2. The third kappa shape index (κ3) is 6.39. The van der Waals surface area contributed by atoms with Crippen molar-refractivity contribution >= 4 is 0 Å². The van der Waals surface area contributed by atoms with Crippen LogP contribution in [0.15, 0.2) is 0 Å². The van der Waals surface area contributed by atoms with Crippen LogP contribution in [0.25, 0.3) is 0 Å². The van der Waals surface area contributed by atoms with Gasteiger partial charge >= 0.3 is 0 Å². The molecule has 0 radical (unpaired) electrons. The second kappa shape index (κ2) is 5.72. The van der Waals surface area contributed by atoms with Gasteiger partial charge in [-0.2, -0.15) is 0 Å². The SMILES string of the molecule is CCCC(C)(C)CNC(C)(C)CNC. The van der Waals surface area contributed by atoms with Gasteiger partial charge in [0.1, 0.15) is 0 Å². The number of hydrogen-bond acceptors (Lipinski definition) is 2. The highest BCUT2D eigenvalue weighted by molar-refractivity contribution is 4.83. The van der Waals surface area contributed by atoms with Gasteiger partial charge in [0.15, 0.2) is 0 Å². The molecule has 0 saturated carbocycles. The maximum absolute atomic E-state index is 3.62. The molecule has 0 atom stereocenters. The van der Waals surface area contributed by atoms with Gasteiger partial charge in [0, 0.05) is 18.6 Å². The van der Waals surface area contributed by atoms with E-state index in [1.54, 1.807) is 0 Å². The van der Waals surface area contributed by atoms with E-state index in [1.165, 1.54) is 12.8 Å². The van der Waals surface area contributed by atoms with Crippen LogP contribution in [0, 0.1) is 5.41 Å². The Morgan fingerprint density at radius 3 is 2.00 bits per heavy atom. The van der Waals surface area contributed by atoms with Gasteiger partial charge in [-0.05, 0) is 32.7 Å². The molecule has 0 saturated heterocycles. The van der Waals surface area contributed by atoms with E-state index in [0.717, 1.165) is 13.1 Å². The summed E-state index contributed by atoms with van der Waals surface area (Å²) in [5.74, 6) is 0. The Morgan fingerprint density at radius 1 is 1.00 bits per heavy atom. The molecule has 14 heavy (non-hydrogen) atoms. The van der Waals surface area contributed by atoms with E-state index in [2.05, 4.69) is 45.3 Å². The first-order valence-corrected chi connectivity index (χ1v) is 5.72. The Kier molecular flexibility index (Phi) is 5.68. The summed E-state index contributed by atoms with van der Waals surface area (Å²) in [6, 6.07) is 0. The minimum absolute atomic E-state index is 0.194. The van der Waals surface area contributed by atoms with Crippen LogP contribution in [-0.2, 0) is 0 Å². The summed E-state index contributed by atoms with van der Waals surface area (Å²) in [5, 5.41) is 6.84. The molecule has 0 aliphatic rings. The topological polar surface area (TPSA) is 24.1 Å². The fourth-order valence-electron chi connectivity index (χ4n) is 1.75. The summed E-state index contributed by atoms with van der Waals surface area (Å²) in [6.45, 7) is 13.5. The van der Waals surface area contributed by atoms with E-state index in [0.29, 0.717) is 5.41 Å². The molecule has 0 fully saturated rings. The van der Waals surface area contributed by atoms with Crippen molar-refractivity contribution < 1.29 is 0 Å². The number of nitrogens with one attached hydrogen (secondary N) is 2. The average Bonchev–Trinajstić information content (AvgIpc) is 2.01. The van der Waals surface area contributed by atoms with Gasteiger partial charge in [0.05, 0.1) is 0 Å². The van der Waals surface area contributed by atoms with Crippen LogP contribution < -0.4 is 10.6 Å². The van der Waals surface area contributed by atoms with Gasteiger partial charge < -0.3 is 10.6 Å². The van der Waals surface area contributed by atoms with Crippen LogP contribution in [-0.4, -0.2) is 25.7 Å². The summed E-state index contributed by atoms with van der Waals surface area (Å²) in [7, 11) is 2.00. The minimum atomic E-state index is 0.194. The van der Waals surface area contributed by atoms with Crippen LogP contribution in [0.3, 0.4) is 0 Å². The fraction of sp³-hybridized carbons (Fsp3) is 1.00. The molecule has 86 valence electrons. The zero-order chi connectivity index (χ0) is 11.2. The van der Waals surface area contributed by atoms with Crippen molar-refractivity contribution in [1.82, 2.24) is 10.6 Å². The third-order valence-electron chi connectivity index (χ3n) is 2.59. The Balaban J connectivity index is 3.90.